The van der Waals surface area contributed by atoms with Crippen LogP contribution in [0.2, 0.25) is 0 Å². The molecule has 2 aromatic heterocycles. The highest BCUT2D eigenvalue weighted by Crippen LogP contribution is 2.31. The van der Waals surface area contributed by atoms with Crippen molar-refractivity contribution < 1.29 is 4.79 Å². The lowest BCUT2D eigenvalue weighted by molar-refractivity contribution is -0.116. The van der Waals surface area contributed by atoms with Crippen molar-refractivity contribution in [2.24, 2.45) is 0 Å². The van der Waals surface area contributed by atoms with Crippen LogP contribution in [0.4, 0.5) is 5.13 Å². The molecule has 7 heteroatoms. The topological polar surface area (TPSA) is 46.1 Å². The molecule has 0 aliphatic heterocycles. The summed E-state index contributed by atoms with van der Waals surface area (Å²) in [6.07, 6.45) is 1.78. The lowest BCUT2D eigenvalue weighted by Gasteiger charge is -2.14. The van der Waals surface area contributed by atoms with E-state index < -0.39 is 0 Å². The number of hydrogen-bond acceptors (Lipinski definition) is 5. The molecule has 3 aromatic rings. The first-order valence-electron chi connectivity index (χ1n) is 7.05. The fourth-order valence-corrected chi connectivity index (χ4v) is 4.16. The fourth-order valence-electron chi connectivity index (χ4n) is 2.13. The number of nitrogens with zero attached hydrogens (tertiary/aromatic N) is 3. The van der Waals surface area contributed by atoms with Gasteiger partial charge in [-0.15, -0.1) is 22.7 Å². The van der Waals surface area contributed by atoms with Crippen LogP contribution >= 0.6 is 34.3 Å². The number of halogens is 1. The Morgan fingerprint density at radius 3 is 2.83 bits per heavy atom. The molecule has 1 aromatic carbocycles. The molecule has 0 N–H and O–H groups in total. The molecule has 23 heavy (non-hydrogen) atoms. The second-order valence-electron chi connectivity index (χ2n) is 4.80. The van der Waals surface area contributed by atoms with Gasteiger partial charge in [0.25, 0.3) is 0 Å². The fraction of sp³-hybridized carbons (Fsp3) is 0.188. The lowest BCUT2D eigenvalue weighted by Crippen LogP contribution is -2.27. The minimum absolute atomic E-state index is 0.0188. The number of hydrogen-bond donors (Lipinski definition) is 0. The third-order valence-corrected chi connectivity index (χ3v) is 5.56. The smallest absolute Gasteiger partial charge is 0.225 e. The van der Waals surface area contributed by atoms with E-state index in [0.29, 0.717) is 16.7 Å². The highest BCUT2D eigenvalue weighted by atomic mass is 35.5. The van der Waals surface area contributed by atoms with E-state index in [1.165, 1.54) is 18.3 Å². The monoisotopic (exact) mass is 363 g/mol. The number of amides is 1. The van der Waals surface area contributed by atoms with Crippen LogP contribution in [-0.2, 0) is 4.79 Å². The highest BCUT2D eigenvalue weighted by molar-refractivity contribution is 7.20. The maximum atomic E-state index is 11.6. The Hall–Kier alpha value is -1.76. The van der Waals surface area contributed by atoms with Gasteiger partial charge in [-0.3, -0.25) is 9.69 Å². The van der Waals surface area contributed by atoms with Crippen molar-refractivity contribution >= 4 is 66.6 Å². The zero-order valence-electron chi connectivity index (χ0n) is 12.6. The Bertz CT molecular complexity index is 851. The molecule has 0 aliphatic carbocycles. The quantitative estimate of drug-likeness (QED) is 0.664. The van der Waals surface area contributed by atoms with Gasteiger partial charge in [-0.25, -0.2) is 9.97 Å². The number of carbonyl (C=O) groups excluding carboxylic acids is 1. The standard InChI is InChI=1S/C16H14ClN3OS2/c1-3-20(10(2)21)16-18-11(9-22-16)8-12(17)15-19-13-6-4-5-7-14(13)23-15/h4-9H,3H2,1-2H3. The van der Waals surface area contributed by atoms with E-state index in [1.54, 1.807) is 22.3 Å². The second kappa shape index (κ2) is 6.78. The molecule has 2 heterocycles. The Morgan fingerprint density at radius 2 is 2.13 bits per heavy atom. The van der Waals surface area contributed by atoms with Crippen molar-refractivity contribution in [3.8, 4) is 0 Å². The Morgan fingerprint density at radius 1 is 1.35 bits per heavy atom. The molecule has 0 radical (unpaired) electrons. The van der Waals surface area contributed by atoms with E-state index in [9.17, 15) is 4.79 Å². The van der Waals surface area contributed by atoms with E-state index >= 15 is 0 Å². The molecule has 0 aliphatic rings. The van der Waals surface area contributed by atoms with Gasteiger partial charge >= 0.3 is 0 Å². The third kappa shape index (κ3) is 3.44. The van der Waals surface area contributed by atoms with Gasteiger partial charge in [-0.2, -0.15) is 0 Å². The average molecular weight is 364 g/mol. The van der Waals surface area contributed by atoms with Crippen molar-refractivity contribution in [1.82, 2.24) is 9.97 Å². The van der Waals surface area contributed by atoms with Gasteiger partial charge in [0.05, 0.1) is 20.9 Å². The van der Waals surface area contributed by atoms with Crippen LogP contribution in [0.3, 0.4) is 0 Å². The second-order valence-corrected chi connectivity index (χ2v) is 7.07. The van der Waals surface area contributed by atoms with Crippen molar-refractivity contribution in [2.75, 3.05) is 11.4 Å². The zero-order chi connectivity index (χ0) is 16.4. The van der Waals surface area contributed by atoms with E-state index in [1.807, 2.05) is 36.6 Å². The maximum absolute atomic E-state index is 11.6. The van der Waals surface area contributed by atoms with Crippen molar-refractivity contribution in [3.05, 3.63) is 40.3 Å². The summed E-state index contributed by atoms with van der Waals surface area (Å²) in [5.41, 5.74) is 1.67. The molecular formula is C16H14ClN3OS2. The molecule has 0 fully saturated rings. The number of para-hydroxylation sites is 1. The van der Waals surface area contributed by atoms with Gasteiger partial charge in [0.2, 0.25) is 5.91 Å². The first-order chi connectivity index (χ1) is 11.1. The molecule has 0 spiro atoms. The maximum Gasteiger partial charge on any atom is 0.225 e. The predicted octanol–water partition coefficient (Wildman–Crippen LogP) is 4.86. The van der Waals surface area contributed by atoms with Crippen molar-refractivity contribution in [2.45, 2.75) is 13.8 Å². The van der Waals surface area contributed by atoms with E-state index in [0.717, 1.165) is 20.9 Å². The number of thiazole rings is 2. The largest absolute Gasteiger partial charge is 0.289 e. The summed E-state index contributed by atoms with van der Waals surface area (Å²) in [6, 6.07) is 7.92. The first-order valence-corrected chi connectivity index (χ1v) is 9.12. The van der Waals surface area contributed by atoms with Crippen LogP contribution in [0, 0.1) is 0 Å². The summed E-state index contributed by atoms with van der Waals surface area (Å²) in [6.45, 7) is 4.05. The molecule has 0 atom stereocenters. The number of anilines is 1. The number of fused-ring (bicyclic) bond motifs is 1. The van der Waals surface area contributed by atoms with Crippen LogP contribution in [0.5, 0.6) is 0 Å². The van der Waals surface area contributed by atoms with Crippen molar-refractivity contribution in [1.29, 1.82) is 0 Å². The van der Waals surface area contributed by atoms with Gasteiger partial charge in [0, 0.05) is 18.8 Å². The molecule has 0 saturated heterocycles. The molecule has 118 valence electrons. The Balaban J connectivity index is 1.89. The Labute approximate surface area is 147 Å². The summed E-state index contributed by atoms with van der Waals surface area (Å²) >= 11 is 9.36. The minimum atomic E-state index is -0.0188. The summed E-state index contributed by atoms with van der Waals surface area (Å²) in [4.78, 5) is 22.2. The molecule has 1 amide bonds. The number of carbonyl (C=O) groups is 1. The van der Waals surface area contributed by atoms with Crippen molar-refractivity contribution in [3.63, 3.8) is 0 Å². The SMILES string of the molecule is CCN(C(C)=O)c1nc(C=C(Cl)c2nc3ccccc3s2)cs1. The molecule has 0 unspecified atom stereocenters. The van der Waals surface area contributed by atoms with Crippen LogP contribution in [0.25, 0.3) is 21.3 Å². The van der Waals surface area contributed by atoms with Crippen LogP contribution in [0.1, 0.15) is 24.5 Å². The number of aromatic nitrogens is 2. The normalized spacial score (nSPS) is 11.9. The van der Waals surface area contributed by atoms with Crippen LogP contribution in [0.15, 0.2) is 29.6 Å². The van der Waals surface area contributed by atoms with E-state index in [2.05, 4.69) is 9.97 Å². The molecular weight excluding hydrogens is 350 g/mol. The van der Waals surface area contributed by atoms with Gasteiger partial charge in [-0.05, 0) is 25.1 Å². The summed E-state index contributed by atoms with van der Waals surface area (Å²) in [7, 11) is 0. The molecule has 4 nitrogen and oxygen atoms in total. The van der Waals surface area contributed by atoms with Gasteiger partial charge < -0.3 is 0 Å². The molecule has 3 rings (SSSR count). The molecule has 0 bridgehead atoms. The summed E-state index contributed by atoms with van der Waals surface area (Å²) in [5, 5.41) is 3.88. The number of rotatable bonds is 4. The number of benzene rings is 1. The van der Waals surface area contributed by atoms with E-state index in [-0.39, 0.29) is 5.91 Å². The van der Waals surface area contributed by atoms with Gasteiger partial charge in [0.15, 0.2) is 5.13 Å². The third-order valence-electron chi connectivity index (χ3n) is 3.21. The summed E-state index contributed by atoms with van der Waals surface area (Å²) in [5.74, 6) is -0.0188. The highest BCUT2D eigenvalue weighted by Gasteiger charge is 2.13. The average Bonchev–Trinajstić information content (AvgIpc) is 3.14. The minimum Gasteiger partial charge on any atom is -0.289 e. The zero-order valence-corrected chi connectivity index (χ0v) is 15.0. The lowest BCUT2D eigenvalue weighted by atomic mass is 10.3. The van der Waals surface area contributed by atoms with Crippen LogP contribution < -0.4 is 4.90 Å². The van der Waals surface area contributed by atoms with E-state index in [4.69, 9.17) is 11.6 Å². The van der Waals surface area contributed by atoms with Gasteiger partial charge in [-0.1, -0.05) is 23.7 Å². The molecule has 0 saturated carbocycles. The van der Waals surface area contributed by atoms with Gasteiger partial charge in [0.1, 0.15) is 5.01 Å². The first kappa shape index (κ1) is 16.1. The summed E-state index contributed by atoms with van der Waals surface area (Å²) < 4.78 is 1.10. The predicted molar refractivity (Wildman–Crippen MR) is 99.2 cm³/mol. The Kier molecular flexibility index (Phi) is 4.75. The van der Waals surface area contributed by atoms with Crippen LogP contribution in [-0.4, -0.2) is 22.4 Å².